The van der Waals surface area contributed by atoms with Crippen LogP contribution in [0.25, 0.3) is 6.08 Å². The highest BCUT2D eigenvalue weighted by atomic mass is 16.5. The van der Waals surface area contributed by atoms with Crippen LogP contribution < -0.4 is 19.5 Å². The van der Waals surface area contributed by atoms with Crippen LogP contribution in [0.15, 0.2) is 48.5 Å². The normalized spacial score (nSPS) is 15.9. The Bertz CT molecular complexity index is 917. The van der Waals surface area contributed by atoms with Crippen molar-refractivity contribution in [1.82, 2.24) is 10.2 Å². The fourth-order valence-corrected chi connectivity index (χ4v) is 3.62. The van der Waals surface area contributed by atoms with Crippen molar-refractivity contribution in [2.45, 2.75) is 13.0 Å². The van der Waals surface area contributed by atoms with Gasteiger partial charge in [0.1, 0.15) is 0 Å². The lowest BCUT2D eigenvalue weighted by atomic mass is 10.1. The van der Waals surface area contributed by atoms with Crippen molar-refractivity contribution in [3.63, 3.8) is 0 Å². The van der Waals surface area contributed by atoms with E-state index in [1.807, 2.05) is 35.2 Å². The molecule has 1 aliphatic rings. The van der Waals surface area contributed by atoms with Crippen molar-refractivity contribution in [3.05, 3.63) is 59.7 Å². The predicted molar refractivity (Wildman–Crippen MR) is 118 cm³/mol. The standard InChI is InChI=1S/C24H28N2O5/c1-29-20-11-18(12-21(30-2)24(20)31-3)9-10-22(27)25-14-19-13-23(28)26(16-19)15-17-7-5-4-6-8-17/h4-12,19H,13-16H2,1-3H3,(H,25,27)/b10-9-. The topological polar surface area (TPSA) is 77.1 Å². The van der Waals surface area contributed by atoms with E-state index in [0.29, 0.717) is 43.3 Å². The quantitative estimate of drug-likeness (QED) is 0.627. The molecule has 1 heterocycles. The fraction of sp³-hybridized carbons (Fsp3) is 0.333. The van der Waals surface area contributed by atoms with Crippen molar-refractivity contribution in [2.24, 2.45) is 5.92 Å². The molecule has 1 unspecified atom stereocenters. The van der Waals surface area contributed by atoms with Gasteiger partial charge in [-0.1, -0.05) is 30.3 Å². The van der Waals surface area contributed by atoms with Gasteiger partial charge in [-0.3, -0.25) is 9.59 Å². The Morgan fingerprint density at radius 1 is 1.10 bits per heavy atom. The molecule has 3 rings (SSSR count). The zero-order valence-electron chi connectivity index (χ0n) is 18.1. The average molecular weight is 424 g/mol. The molecule has 0 aliphatic carbocycles. The number of amides is 2. The molecule has 7 heteroatoms. The van der Waals surface area contributed by atoms with Gasteiger partial charge in [0.05, 0.1) is 21.3 Å². The number of benzene rings is 2. The van der Waals surface area contributed by atoms with Crippen LogP contribution in [0.2, 0.25) is 0 Å². The van der Waals surface area contributed by atoms with Crippen LogP contribution in [0.5, 0.6) is 17.2 Å². The van der Waals surface area contributed by atoms with E-state index in [1.165, 1.54) is 13.2 Å². The summed E-state index contributed by atoms with van der Waals surface area (Å²) in [5, 5.41) is 2.89. The summed E-state index contributed by atoms with van der Waals surface area (Å²) in [7, 11) is 4.63. The molecule has 31 heavy (non-hydrogen) atoms. The Kier molecular flexibility index (Phi) is 7.54. The summed E-state index contributed by atoms with van der Waals surface area (Å²) in [4.78, 5) is 26.4. The highest BCUT2D eigenvalue weighted by Gasteiger charge is 2.29. The lowest BCUT2D eigenvalue weighted by Gasteiger charge is -2.16. The molecule has 1 N–H and O–H groups in total. The van der Waals surface area contributed by atoms with E-state index in [0.717, 1.165) is 11.1 Å². The molecular formula is C24H28N2O5. The summed E-state index contributed by atoms with van der Waals surface area (Å²) in [6, 6.07) is 13.4. The van der Waals surface area contributed by atoms with Gasteiger partial charge in [-0.15, -0.1) is 0 Å². The number of rotatable bonds is 9. The monoisotopic (exact) mass is 424 g/mol. The molecule has 1 saturated heterocycles. The van der Waals surface area contributed by atoms with Gasteiger partial charge in [0.2, 0.25) is 17.6 Å². The van der Waals surface area contributed by atoms with E-state index < -0.39 is 0 Å². The number of nitrogens with one attached hydrogen (secondary N) is 1. The van der Waals surface area contributed by atoms with Crippen LogP contribution in [0.4, 0.5) is 0 Å². The number of likely N-dealkylation sites (tertiary alicyclic amines) is 1. The molecule has 2 aromatic carbocycles. The molecule has 0 spiro atoms. The second kappa shape index (κ2) is 10.5. The third kappa shape index (κ3) is 5.78. The molecule has 7 nitrogen and oxygen atoms in total. The van der Waals surface area contributed by atoms with Gasteiger partial charge in [0, 0.05) is 38.0 Å². The van der Waals surface area contributed by atoms with Gasteiger partial charge in [0.25, 0.3) is 0 Å². The first-order valence-electron chi connectivity index (χ1n) is 10.1. The van der Waals surface area contributed by atoms with Gasteiger partial charge >= 0.3 is 0 Å². The van der Waals surface area contributed by atoms with Crippen molar-refractivity contribution in [1.29, 1.82) is 0 Å². The molecule has 1 fully saturated rings. The number of carbonyl (C=O) groups excluding carboxylic acids is 2. The van der Waals surface area contributed by atoms with E-state index >= 15 is 0 Å². The van der Waals surface area contributed by atoms with Crippen LogP contribution in [0.3, 0.4) is 0 Å². The predicted octanol–water partition coefficient (Wildman–Crippen LogP) is 2.89. The largest absolute Gasteiger partial charge is 0.493 e. The summed E-state index contributed by atoms with van der Waals surface area (Å²) in [5.41, 5.74) is 1.85. The first kappa shape index (κ1) is 22.2. The van der Waals surface area contributed by atoms with Crippen molar-refractivity contribution in [2.75, 3.05) is 34.4 Å². The minimum Gasteiger partial charge on any atom is -0.493 e. The summed E-state index contributed by atoms with van der Waals surface area (Å²) < 4.78 is 16.0. The van der Waals surface area contributed by atoms with Gasteiger partial charge in [-0.25, -0.2) is 0 Å². The van der Waals surface area contributed by atoms with Crippen molar-refractivity contribution >= 4 is 17.9 Å². The molecule has 2 aromatic rings. The van der Waals surface area contributed by atoms with Crippen molar-refractivity contribution < 1.29 is 23.8 Å². The Hall–Kier alpha value is -3.48. The average Bonchev–Trinajstić information content (AvgIpc) is 3.15. The van der Waals surface area contributed by atoms with E-state index in [1.54, 1.807) is 32.4 Å². The van der Waals surface area contributed by atoms with Crippen LogP contribution in [-0.4, -0.2) is 51.1 Å². The van der Waals surface area contributed by atoms with Crippen LogP contribution >= 0.6 is 0 Å². The molecule has 0 aromatic heterocycles. The van der Waals surface area contributed by atoms with Crippen LogP contribution in [-0.2, 0) is 16.1 Å². The Balaban J connectivity index is 1.53. The van der Waals surface area contributed by atoms with E-state index in [2.05, 4.69) is 5.32 Å². The van der Waals surface area contributed by atoms with E-state index in [4.69, 9.17) is 14.2 Å². The summed E-state index contributed by atoms with van der Waals surface area (Å²) >= 11 is 0. The van der Waals surface area contributed by atoms with Gasteiger partial charge in [0.15, 0.2) is 11.5 Å². The molecule has 0 bridgehead atoms. The maximum atomic E-state index is 12.3. The van der Waals surface area contributed by atoms with Gasteiger partial charge < -0.3 is 24.4 Å². The molecule has 2 amide bonds. The second-order valence-electron chi connectivity index (χ2n) is 7.37. The summed E-state index contributed by atoms with van der Waals surface area (Å²) in [6.45, 7) is 1.70. The third-order valence-corrected chi connectivity index (χ3v) is 5.19. The number of hydrogen-bond donors (Lipinski definition) is 1. The number of ether oxygens (including phenoxy) is 3. The molecule has 0 saturated carbocycles. The first-order valence-corrected chi connectivity index (χ1v) is 10.1. The highest BCUT2D eigenvalue weighted by Crippen LogP contribution is 2.38. The lowest BCUT2D eigenvalue weighted by Crippen LogP contribution is -2.30. The molecule has 0 radical (unpaired) electrons. The summed E-state index contributed by atoms with van der Waals surface area (Å²) in [6.07, 6.45) is 3.59. The van der Waals surface area contributed by atoms with Crippen LogP contribution in [0, 0.1) is 5.92 Å². The Morgan fingerprint density at radius 2 is 1.77 bits per heavy atom. The lowest BCUT2D eigenvalue weighted by molar-refractivity contribution is -0.128. The van der Waals surface area contributed by atoms with Crippen molar-refractivity contribution in [3.8, 4) is 17.2 Å². The molecular weight excluding hydrogens is 396 g/mol. The minimum atomic E-state index is -0.220. The molecule has 1 atom stereocenters. The van der Waals surface area contributed by atoms with E-state index in [-0.39, 0.29) is 17.7 Å². The maximum absolute atomic E-state index is 12.3. The summed E-state index contributed by atoms with van der Waals surface area (Å²) in [5.74, 6) is 1.54. The Labute approximate surface area is 182 Å². The highest BCUT2D eigenvalue weighted by molar-refractivity contribution is 5.92. The number of nitrogens with zero attached hydrogens (tertiary/aromatic N) is 1. The first-order chi connectivity index (χ1) is 15.0. The number of methoxy groups -OCH3 is 3. The second-order valence-corrected chi connectivity index (χ2v) is 7.37. The van der Waals surface area contributed by atoms with Gasteiger partial charge in [-0.2, -0.15) is 0 Å². The zero-order chi connectivity index (χ0) is 22.2. The Morgan fingerprint density at radius 3 is 2.39 bits per heavy atom. The molecule has 1 aliphatic heterocycles. The van der Waals surface area contributed by atoms with Gasteiger partial charge in [-0.05, 0) is 29.3 Å². The number of carbonyl (C=O) groups is 2. The molecule has 164 valence electrons. The third-order valence-electron chi connectivity index (χ3n) is 5.19. The minimum absolute atomic E-state index is 0.106. The zero-order valence-corrected chi connectivity index (χ0v) is 18.1. The van der Waals surface area contributed by atoms with E-state index in [9.17, 15) is 9.59 Å². The maximum Gasteiger partial charge on any atom is 0.244 e. The van der Waals surface area contributed by atoms with Crippen LogP contribution in [0.1, 0.15) is 17.5 Å². The number of hydrogen-bond acceptors (Lipinski definition) is 5. The smallest absolute Gasteiger partial charge is 0.244 e. The fourth-order valence-electron chi connectivity index (χ4n) is 3.62. The SMILES string of the molecule is COc1cc(/C=C\C(=O)NCC2CC(=O)N(Cc3ccccc3)C2)cc(OC)c1OC.